The molecule has 8 nitrogen and oxygen atoms in total. The zero-order chi connectivity index (χ0) is 21.4. The van der Waals surface area contributed by atoms with Crippen LogP contribution in [0.25, 0.3) is 22.3 Å². The van der Waals surface area contributed by atoms with Gasteiger partial charge in [-0.25, -0.2) is 4.79 Å². The van der Waals surface area contributed by atoms with Crippen LogP contribution in [0.2, 0.25) is 0 Å². The summed E-state index contributed by atoms with van der Waals surface area (Å²) in [6.07, 6.45) is 1.51. The number of furan rings is 1. The van der Waals surface area contributed by atoms with Crippen LogP contribution in [0.1, 0.15) is 17.2 Å². The summed E-state index contributed by atoms with van der Waals surface area (Å²) >= 11 is 0. The summed E-state index contributed by atoms with van der Waals surface area (Å²) in [4.78, 5) is 30.7. The van der Waals surface area contributed by atoms with Gasteiger partial charge in [-0.2, -0.15) is 4.98 Å². The minimum atomic E-state index is -0.476. The lowest BCUT2D eigenvalue weighted by Gasteiger charge is -2.12. The van der Waals surface area contributed by atoms with Crippen LogP contribution in [-0.4, -0.2) is 19.3 Å². The predicted octanol–water partition coefficient (Wildman–Crippen LogP) is 3.21. The number of aromatic nitrogens is 4. The third-order valence-electron chi connectivity index (χ3n) is 5.17. The van der Waals surface area contributed by atoms with Crippen LogP contribution >= 0.6 is 0 Å². The van der Waals surface area contributed by atoms with E-state index in [4.69, 9.17) is 8.94 Å². The van der Waals surface area contributed by atoms with Gasteiger partial charge in [0.1, 0.15) is 12.3 Å². The van der Waals surface area contributed by atoms with Gasteiger partial charge in [-0.1, -0.05) is 41.6 Å². The number of fused-ring (bicyclic) bond motifs is 1. The maximum atomic E-state index is 13.3. The molecule has 0 aliphatic rings. The third kappa shape index (κ3) is 3.38. The van der Waals surface area contributed by atoms with Crippen molar-refractivity contribution in [3.05, 3.63) is 105 Å². The predicted molar refractivity (Wildman–Crippen MR) is 114 cm³/mol. The second-order valence-electron chi connectivity index (χ2n) is 7.18. The number of hydrogen-bond donors (Lipinski definition) is 0. The van der Waals surface area contributed by atoms with E-state index in [0.717, 1.165) is 15.7 Å². The molecule has 0 spiro atoms. The molecular weight excluding hydrogens is 396 g/mol. The first-order valence-corrected chi connectivity index (χ1v) is 9.75. The minimum Gasteiger partial charge on any atom is -0.467 e. The SMILES string of the molecule is Cc1ccccc1-c1noc(Cn2c(=O)n(Cc3ccco3)c(=O)c3ccccc32)n1. The van der Waals surface area contributed by atoms with Crippen molar-refractivity contribution < 1.29 is 8.94 Å². The van der Waals surface area contributed by atoms with Crippen LogP contribution in [0.3, 0.4) is 0 Å². The first-order valence-electron chi connectivity index (χ1n) is 9.75. The second-order valence-corrected chi connectivity index (χ2v) is 7.18. The summed E-state index contributed by atoms with van der Waals surface area (Å²) in [5.41, 5.74) is 1.53. The van der Waals surface area contributed by atoms with Crippen LogP contribution in [0.4, 0.5) is 0 Å². The molecule has 8 heteroatoms. The molecule has 31 heavy (non-hydrogen) atoms. The maximum absolute atomic E-state index is 13.3. The Kier molecular flexibility index (Phi) is 4.59. The summed E-state index contributed by atoms with van der Waals surface area (Å²) in [5.74, 6) is 1.24. The molecule has 0 bridgehead atoms. The Hall–Kier alpha value is -4.20. The molecule has 0 saturated heterocycles. The average molecular weight is 414 g/mol. The molecule has 0 amide bonds. The van der Waals surface area contributed by atoms with Crippen molar-refractivity contribution in [1.29, 1.82) is 0 Å². The van der Waals surface area contributed by atoms with Gasteiger partial charge in [-0.05, 0) is 36.8 Å². The summed E-state index contributed by atoms with van der Waals surface area (Å²) in [6, 6.07) is 18.1. The highest BCUT2D eigenvalue weighted by Gasteiger charge is 2.17. The molecule has 0 aliphatic carbocycles. The highest BCUT2D eigenvalue weighted by Crippen LogP contribution is 2.20. The summed E-state index contributed by atoms with van der Waals surface area (Å²) in [7, 11) is 0. The average Bonchev–Trinajstić information content (AvgIpc) is 3.47. The van der Waals surface area contributed by atoms with E-state index in [0.29, 0.717) is 22.5 Å². The van der Waals surface area contributed by atoms with Crippen molar-refractivity contribution in [2.24, 2.45) is 0 Å². The van der Waals surface area contributed by atoms with Crippen molar-refractivity contribution >= 4 is 10.9 Å². The van der Waals surface area contributed by atoms with E-state index < -0.39 is 5.69 Å². The Morgan fingerprint density at radius 1 is 0.903 bits per heavy atom. The van der Waals surface area contributed by atoms with Gasteiger partial charge in [0.15, 0.2) is 0 Å². The van der Waals surface area contributed by atoms with Crippen LogP contribution in [0.5, 0.6) is 0 Å². The van der Waals surface area contributed by atoms with E-state index in [9.17, 15) is 9.59 Å². The molecule has 2 aromatic carbocycles. The number of nitrogens with zero attached hydrogens (tertiary/aromatic N) is 4. The lowest BCUT2D eigenvalue weighted by molar-refractivity contribution is 0.369. The molecular formula is C23H18N4O4. The van der Waals surface area contributed by atoms with Gasteiger partial charge in [0, 0.05) is 5.56 Å². The standard InChI is InChI=1S/C23H18N4O4/c1-15-7-2-3-9-17(15)21-24-20(31-25-21)14-26-19-11-5-4-10-18(19)22(28)27(23(26)29)13-16-8-6-12-30-16/h2-12H,13-14H2,1H3. The third-order valence-corrected chi connectivity index (χ3v) is 5.17. The fraction of sp³-hybridized carbons (Fsp3) is 0.130. The smallest absolute Gasteiger partial charge is 0.332 e. The Morgan fingerprint density at radius 2 is 1.71 bits per heavy atom. The van der Waals surface area contributed by atoms with Gasteiger partial charge in [0.2, 0.25) is 11.7 Å². The van der Waals surface area contributed by atoms with Gasteiger partial charge in [-0.3, -0.25) is 13.9 Å². The molecule has 3 heterocycles. The molecule has 0 fully saturated rings. The molecule has 154 valence electrons. The molecule has 0 saturated carbocycles. The zero-order valence-corrected chi connectivity index (χ0v) is 16.7. The maximum Gasteiger partial charge on any atom is 0.332 e. The van der Waals surface area contributed by atoms with Gasteiger partial charge < -0.3 is 8.94 Å². The van der Waals surface area contributed by atoms with Crippen molar-refractivity contribution in [3.8, 4) is 11.4 Å². The van der Waals surface area contributed by atoms with E-state index in [1.165, 1.54) is 10.8 Å². The minimum absolute atomic E-state index is 0.0355. The van der Waals surface area contributed by atoms with Crippen molar-refractivity contribution in [3.63, 3.8) is 0 Å². The zero-order valence-electron chi connectivity index (χ0n) is 16.7. The Balaban J connectivity index is 1.61. The van der Waals surface area contributed by atoms with Crippen LogP contribution < -0.4 is 11.2 Å². The molecule has 3 aromatic heterocycles. The first-order chi connectivity index (χ1) is 15.1. The number of benzene rings is 2. The van der Waals surface area contributed by atoms with Gasteiger partial charge in [-0.15, -0.1) is 0 Å². The molecule has 5 rings (SSSR count). The highest BCUT2D eigenvalue weighted by molar-refractivity contribution is 5.77. The van der Waals surface area contributed by atoms with Gasteiger partial charge in [0.05, 0.1) is 23.7 Å². The van der Waals surface area contributed by atoms with E-state index in [2.05, 4.69) is 10.1 Å². The monoisotopic (exact) mass is 414 g/mol. The van der Waals surface area contributed by atoms with Crippen LogP contribution in [-0.2, 0) is 13.1 Å². The Bertz CT molecular complexity index is 1490. The van der Waals surface area contributed by atoms with Crippen molar-refractivity contribution in [2.75, 3.05) is 0 Å². The second kappa shape index (κ2) is 7.56. The fourth-order valence-corrected chi connectivity index (χ4v) is 3.61. The number of aryl methyl sites for hydroxylation is 1. The largest absolute Gasteiger partial charge is 0.467 e. The summed E-state index contributed by atoms with van der Waals surface area (Å²) < 4.78 is 13.4. The van der Waals surface area contributed by atoms with Crippen LogP contribution in [0.15, 0.2) is 85.5 Å². The van der Waals surface area contributed by atoms with E-state index in [-0.39, 0.29) is 24.5 Å². The molecule has 0 N–H and O–H groups in total. The molecule has 5 aromatic rings. The quantitative estimate of drug-likeness (QED) is 0.438. The lowest BCUT2D eigenvalue weighted by atomic mass is 10.1. The van der Waals surface area contributed by atoms with E-state index >= 15 is 0 Å². The summed E-state index contributed by atoms with van der Waals surface area (Å²) in [6.45, 7) is 2.04. The normalized spacial score (nSPS) is 11.3. The summed E-state index contributed by atoms with van der Waals surface area (Å²) in [5, 5.41) is 4.49. The van der Waals surface area contributed by atoms with Crippen LogP contribution in [0, 0.1) is 6.92 Å². The van der Waals surface area contributed by atoms with E-state index in [1.807, 2.05) is 31.2 Å². The molecule has 0 atom stereocenters. The molecule has 0 radical (unpaired) electrons. The fourth-order valence-electron chi connectivity index (χ4n) is 3.61. The Morgan fingerprint density at radius 3 is 2.52 bits per heavy atom. The number of rotatable bonds is 5. The highest BCUT2D eigenvalue weighted by atomic mass is 16.5. The van der Waals surface area contributed by atoms with E-state index in [1.54, 1.807) is 36.4 Å². The molecule has 0 unspecified atom stereocenters. The van der Waals surface area contributed by atoms with Gasteiger partial charge in [0.25, 0.3) is 5.56 Å². The van der Waals surface area contributed by atoms with Crippen molar-refractivity contribution in [2.45, 2.75) is 20.0 Å². The molecule has 0 aliphatic heterocycles. The number of para-hydroxylation sites is 1. The van der Waals surface area contributed by atoms with Crippen molar-refractivity contribution in [1.82, 2.24) is 19.3 Å². The topological polar surface area (TPSA) is 96.1 Å². The lowest BCUT2D eigenvalue weighted by Crippen LogP contribution is -2.40. The Labute approximate surface area is 176 Å². The number of hydrogen-bond acceptors (Lipinski definition) is 6. The van der Waals surface area contributed by atoms with Gasteiger partial charge >= 0.3 is 5.69 Å². The first kappa shape index (κ1) is 18.8.